The Labute approximate surface area is 108 Å². The molecule has 0 spiro atoms. The molecule has 0 nitrogen and oxygen atoms in total. The van der Waals surface area contributed by atoms with Crippen LogP contribution in [0.15, 0.2) is 18.2 Å². The molecule has 0 bridgehead atoms. The molecule has 0 aliphatic carbocycles. The molecule has 1 atom stereocenters. The van der Waals surface area contributed by atoms with Crippen LogP contribution >= 0.6 is 9.24 Å². The molecule has 0 heterocycles. The van der Waals surface area contributed by atoms with Crippen molar-refractivity contribution in [1.29, 1.82) is 0 Å². The van der Waals surface area contributed by atoms with Crippen molar-refractivity contribution in [1.82, 2.24) is 0 Å². The molecule has 0 fully saturated rings. The smallest absolute Gasteiger partial charge is 0.418 e. The lowest BCUT2D eigenvalue weighted by Gasteiger charge is -2.10. The van der Waals surface area contributed by atoms with Crippen LogP contribution in [-0.4, -0.2) is 7.25 Å². The highest BCUT2D eigenvalue weighted by Crippen LogP contribution is 2.20. The molecule has 0 aliphatic heterocycles. The van der Waals surface area contributed by atoms with Gasteiger partial charge in [-0.15, -0.1) is 0 Å². The average molecular weight is 282 g/mol. The zero-order valence-corrected chi connectivity index (χ0v) is 12.6. The van der Waals surface area contributed by atoms with E-state index >= 15 is 0 Å². The van der Waals surface area contributed by atoms with Gasteiger partial charge in [-0.25, -0.2) is 0 Å². The highest BCUT2D eigenvalue weighted by Gasteiger charge is 2.20. The van der Waals surface area contributed by atoms with Gasteiger partial charge in [0, 0.05) is 9.24 Å². The summed E-state index contributed by atoms with van der Waals surface area (Å²) in [5.74, 6) is 1.28. The summed E-state index contributed by atoms with van der Waals surface area (Å²) in [4.78, 5) is 0. The zero-order valence-electron chi connectivity index (χ0n) is 11.2. The SMILES string of the molecule is CC(C)c1cc([PH3+])cc(C(C)C)c1.F[B-](F)(F)F. The third-order valence-electron chi connectivity index (χ3n) is 2.37. The Kier molecular flexibility index (Phi) is 6.91. The Morgan fingerprint density at radius 2 is 1.11 bits per heavy atom. The normalized spacial score (nSPS) is 11.7. The molecule has 1 aromatic carbocycles. The number of halogens is 4. The summed E-state index contributed by atoms with van der Waals surface area (Å²) in [6, 6.07) is 6.94. The predicted octanol–water partition coefficient (Wildman–Crippen LogP) is 4.47. The lowest BCUT2D eigenvalue weighted by atomic mass is 9.96. The predicted molar refractivity (Wildman–Crippen MR) is 75.5 cm³/mol. The zero-order chi connectivity index (χ0) is 14.5. The van der Waals surface area contributed by atoms with Gasteiger partial charge in [0.15, 0.2) is 0 Å². The first-order valence-corrected chi connectivity index (χ1v) is 6.55. The molecular formula is C12H20BF4P. The van der Waals surface area contributed by atoms with E-state index in [2.05, 4.69) is 45.9 Å². The fourth-order valence-corrected chi connectivity index (χ4v) is 1.88. The molecule has 0 radical (unpaired) electrons. The van der Waals surface area contributed by atoms with Crippen LogP contribution in [0.25, 0.3) is 0 Å². The Bertz CT molecular complexity index is 343. The molecule has 0 N–H and O–H groups in total. The van der Waals surface area contributed by atoms with Crippen LogP contribution in [0.5, 0.6) is 0 Å². The van der Waals surface area contributed by atoms with Crippen LogP contribution in [0.4, 0.5) is 17.3 Å². The van der Waals surface area contributed by atoms with Crippen molar-refractivity contribution in [3.63, 3.8) is 0 Å². The van der Waals surface area contributed by atoms with Crippen molar-refractivity contribution in [3.05, 3.63) is 29.3 Å². The van der Waals surface area contributed by atoms with Gasteiger partial charge in [0.1, 0.15) is 0 Å². The van der Waals surface area contributed by atoms with Crippen LogP contribution in [-0.2, 0) is 0 Å². The number of hydrogen-bond acceptors (Lipinski definition) is 0. The second-order valence-corrected chi connectivity index (χ2v) is 5.63. The van der Waals surface area contributed by atoms with Crippen molar-refractivity contribution in [2.75, 3.05) is 0 Å². The Morgan fingerprint density at radius 1 is 0.833 bits per heavy atom. The van der Waals surface area contributed by atoms with Crippen LogP contribution in [0.3, 0.4) is 0 Å². The summed E-state index contributed by atoms with van der Waals surface area (Å²) in [6.07, 6.45) is 0. The van der Waals surface area contributed by atoms with Gasteiger partial charge in [0.05, 0.1) is 5.30 Å². The Morgan fingerprint density at radius 3 is 1.33 bits per heavy atom. The molecule has 1 rings (SSSR count). The largest absolute Gasteiger partial charge is 0.673 e. The van der Waals surface area contributed by atoms with Gasteiger partial charge in [-0.2, -0.15) is 0 Å². The number of benzene rings is 1. The van der Waals surface area contributed by atoms with Crippen molar-refractivity contribution >= 4 is 21.8 Å². The van der Waals surface area contributed by atoms with Gasteiger partial charge in [-0.05, 0) is 35.1 Å². The van der Waals surface area contributed by atoms with E-state index in [1.165, 1.54) is 16.4 Å². The van der Waals surface area contributed by atoms with E-state index in [1.54, 1.807) is 0 Å². The van der Waals surface area contributed by atoms with E-state index in [0.29, 0.717) is 11.8 Å². The standard InChI is InChI=1S/C12H19P.BF4/c1-8(2)10-5-11(9(3)4)7-12(13)6-10;2-1(3,4)5/h5-9H,13H2,1-4H3;/q;-1/p+1. The van der Waals surface area contributed by atoms with Gasteiger partial charge in [-0.3, -0.25) is 0 Å². The molecule has 0 aliphatic rings. The first-order chi connectivity index (χ1) is 8.00. The van der Waals surface area contributed by atoms with E-state index in [9.17, 15) is 17.3 Å². The van der Waals surface area contributed by atoms with Crippen molar-refractivity contribution in [3.8, 4) is 0 Å². The topological polar surface area (TPSA) is 0 Å². The Balaban J connectivity index is 0.000000494. The quantitative estimate of drug-likeness (QED) is 0.426. The van der Waals surface area contributed by atoms with Gasteiger partial charge in [0.2, 0.25) is 0 Å². The molecule has 18 heavy (non-hydrogen) atoms. The lowest BCUT2D eigenvalue weighted by molar-refractivity contribution is 0.368. The van der Waals surface area contributed by atoms with Crippen LogP contribution in [0, 0.1) is 0 Å². The summed E-state index contributed by atoms with van der Waals surface area (Å²) in [6.45, 7) is 9.01. The minimum absolute atomic E-state index is 0.641. The van der Waals surface area contributed by atoms with Crippen LogP contribution in [0.2, 0.25) is 0 Å². The summed E-state index contributed by atoms with van der Waals surface area (Å²) in [5.41, 5.74) is 2.94. The molecule has 1 unspecified atom stereocenters. The first-order valence-electron chi connectivity index (χ1n) is 5.85. The molecule has 1 aromatic rings. The Hall–Kier alpha value is -0.565. The highest BCUT2D eigenvalue weighted by molar-refractivity contribution is 7.27. The molecule has 0 aromatic heterocycles. The van der Waals surface area contributed by atoms with Gasteiger partial charge >= 0.3 is 7.25 Å². The molecular weight excluding hydrogens is 262 g/mol. The van der Waals surface area contributed by atoms with E-state index in [1.807, 2.05) is 9.24 Å². The monoisotopic (exact) mass is 282 g/mol. The van der Waals surface area contributed by atoms with Crippen molar-refractivity contribution in [2.45, 2.75) is 39.5 Å². The van der Waals surface area contributed by atoms with E-state index < -0.39 is 7.25 Å². The second-order valence-electron chi connectivity index (χ2n) is 4.81. The number of hydrogen-bond donors (Lipinski definition) is 0. The molecule has 0 saturated heterocycles. The summed E-state index contributed by atoms with van der Waals surface area (Å²) < 4.78 is 39.0. The minimum atomic E-state index is -6.00. The second kappa shape index (κ2) is 7.13. The maximum atomic E-state index is 9.75. The average Bonchev–Trinajstić information content (AvgIpc) is 2.13. The molecule has 0 amide bonds. The van der Waals surface area contributed by atoms with E-state index in [4.69, 9.17) is 0 Å². The maximum Gasteiger partial charge on any atom is 0.673 e. The van der Waals surface area contributed by atoms with Gasteiger partial charge < -0.3 is 17.3 Å². The van der Waals surface area contributed by atoms with Crippen LogP contribution in [0.1, 0.15) is 50.7 Å². The fourth-order valence-electron chi connectivity index (χ4n) is 1.41. The van der Waals surface area contributed by atoms with E-state index in [-0.39, 0.29) is 0 Å². The van der Waals surface area contributed by atoms with Gasteiger partial charge in [0.25, 0.3) is 0 Å². The summed E-state index contributed by atoms with van der Waals surface area (Å²) in [5, 5.41) is 1.41. The number of rotatable bonds is 2. The summed E-state index contributed by atoms with van der Waals surface area (Å²) in [7, 11) is -4.02. The molecule has 6 heteroatoms. The highest BCUT2D eigenvalue weighted by atomic mass is 31.0. The third-order valence-corrected chi connectivity index (χ3v) is 2.78. The fraction of sp³-hybridized carbons (Fsp3) is 0.500. The maximum absolute atomic E-state index is 9.75. The van der Waals surface area contributed by atoms with Crippen molar-refractivity contribution in [2.24, 2.45) is 0 Å². The minimum Gasteiger partial charge on any atom is -0.418 e. The molecule has 104 valence electrons. The lowest BCUT2D eigenvalue weighted by Crippen LogP contribution is -2.02. The van der Waals surface area contributed by atoms with Gasteiger partial charge in [-0.1, -0.05) is 33.8 Å². The van der Waals surface area contributed by atoms with Crippen LogP contribution < -0.4 is 5.30 Å². The summed E-state index contributed by atoms with van der Waals surface area (Å²) >= 11 is 0. The van der Waals surface area contributed by atoms with E-state index in [0.717, 1.165) is 0 Å². The van der Waals surface area contributed by atoms with Crippen molar-refractivity contribution < 1.29 is 17.3 Å². The molecule has 0 saturated carbocycles. The first kappa shape index (κ1) is 17.4. The third kappa shape index (κ3) is 8.51.